The fourth-order valence-corrected chi connectivity index (χ4v) is 2.55. The van der Waals surface area contributed by atoms with Crippen LogP contribution in [-0.4, -0.2) is 26.8 Å². The van der Waals surface area contributed by atoms with Crippen molar-refractivity contribution < 1.29 is 4.21 Å². The zero-order valence-electron chi connectivity index (χ0n) is 11.3. The van der Waals surface area contributed by atoms with Gasteiger partial charge in [0, 0.05) is 4.91 Å². The van der Waals surface area contributed by atoms with Crippen molar-refractivity contribution in [1.82, 2.24) is 14.9 Å². The predicted molar refractivity (Wildman–Crippen MR) is 84.0 cm³/mol. The minimum Gasteiger partial charge on any atom is -0.342 e. The molecule has 0 spiro atoms. The third-order valence-corrected chi connectivity index (χ3v) is 4.04. The van der Waals surface area contributed by atoms with Gasteiger partial charge in [-0.05, 0) is 19.1 Å². The van der Waals surface area contributed by atoms with Crippen molar-refractivity contribution in [3.05, 3.63) is 40.0 Å². The zero-order chi connectivity index (χ0) is 15.0. The van der Waals surface area contributed by atoms with Gasteiger partial charge in [-0.15, -0.1) is 0 Å². The normalized spacial score (nSPS) is 14.4. The van der Waals surface area contributed by atoms with Gasteiger partial charge < -0.3 is 5.32 Å². The van der Waals surface area contributed by atoms with E-state index in [1.165, 1.54) is 0 Å². The first-order chi connectivity index (χ1) is 10.1. The maximum absolute atomic E-state index is 11.7. The standard InChI is InChI=1S/C13H13N5O2S/c1-7(2)21(20)14-6-10-15-9-5-3-4-8-11(9)12(16-10)17-18-13(8)19/h3-5,14H,1,6H2,2H3,(H,18,19)(H,15,16,17). The first-order valence-corrected chi connectivity index (χ1v) is 7.38. The van der Waals surface area contributed by atoms with Gasteiger partial charge in [-0.3, -0.25) is 4.79 Å². The molecular weight excluding hydrogens is 290 g/mol. The summed E-state index contributed by atoms with van der Waals surface area (Å²) >= 11 is 0. The van der Waals surface area contributed by atoms with Crippen LogP contribution in [0, 0.1) is 0 Å². The average Bonchev–Trinajstić information content (AvgIpc) is 2.48. The van der Waals surface area contributed by atoms with Gasteiger partial charge in [0.2, 0.25) is 0 Å². The number of nitrogens with one attached hydrogen (secondary N) is 3. The number of anilines is 1. The second kappa shape index (κ2) is 5.23. The number of benzene rings is 1. The number of rotatable bonds is 4. The molecule has 0 radical (unpaired) electrons. The first kappa shape index (κ1) is 13.7. The highest BCUT2D eigenvalue weighted by molar-refractivity contribution is 7.87. The van der Waals surface area contributed by atoms with Crippen molar-refractivity contribution >= 4 is 39.1 Å². The highest BCUT2D eigenvalue weighted by Crippen LogP contribution is 2.31. The molecule has 1 aromatic heterocycles. The fourth-order valence-electron chi connectivity index (χ4n) is 2.04. The Hall–Kier alpha value is -2.32. The third-order valence-electron chi connectivity index (χ3n) is 3.00. The molecule has 1 atom stereocenters. The summed E-state index contributed by atoms with van der Waals surface area (Å²) in [4.78, 5) is 16.6. The van der Waals surface area contributed by atoms with Crippen LogP contribution in [0.1, 0.15) is 6.92 Å². The summed E-state index contributed by atoms with van der Waals surface area (Å²) in [6.07, 6.45) is 0. The highest BCUT2D eigenvalue weighted by Gasteiger charge is 2.17. The summed E-state index contributed by atoms with van der Waals surface area (Å²) in [6, 6.07) is 5.35. The molecule has 0 saturated carbocycles. The molecule has 21 heavy (non-hydrogen) atoms. The molecule has 2 heterocycles. The molecule has 1 aliphatic rings. The molecule has 0 bridgehead atoms. The van der Waals surface area contributed by atoms with E-state index in [1.807, 2.05) is 6.07 Å². The van der Waals surface area contributed by atoms with Crippen molar-refractivity contribution in [2.45, 2.75) is 6.92 Å². The zero-order valence-corrected chi connectivity index (χ0v) is 12.1. The van der Waals surface area contributed by atoms with Crippen LogP contribution in [0.25, 0.3) is 10.8 Å². The van der Waals surface area contributed by atoms with Gasteiger partial charge in [-0.1, -0.05) is 12.6 Å². The molecule has 108 valence electrons. The maximum atomic E-state index is 11.7. The Morgan fingerprint density at radius 2 is 2.29 bits per heavy atom. The summed E-state index contributed by atoms with van der Waals surface area (Å²) in [5.41, 5.74) is 0.506. The van der Waals surface area contributed by atoms with Gasteiger partial charge in [0.15, 0.2) is 5.82 Å². The summed E-state index contributed by atoms with van der Waals surface area (Å²) in [5.74, 6) is 1.01. The molecule has 0 fully saturated rings. The third kappa shape index (κ3) is 2.50. The van der Waals surface area contributed by atoms with Gasteiger partial charge in [0.25, 0.3) is 5.56 Å². The van der Waals surface area contributed by atoms with E-state index in [2.05, 4.69) is 31.8 Å². The molecule has 0 aliphatic carbocycles. The monoisotopic (exact) mass is 303 g/mol. The average molecular weight is 303 g/mol. The predicted octanol–water partition coefficient (Wildman–Crippen LogP) is 1.17. The van der Waals surface area contributed by atoms with E-state index in [4.69, 9.17) is 0 Å². The van der Waals surface area contributed by atoms with Crippen molar-refractivity contribution in [2.75, 3.05) is 11.9 Å². The number of H-pyrrole nitrogens is 1. The van der Waals surface area contributed by atoms with Crippen molar-refractivity contribution in [2.24, 2.45) is 4.99 Å². The Balaban J connectivity index is 1.97. The van der Waals surface area contributed by atoms with E-state index in [-0.39, 0.29) is 12.1 Å². The summed E-state index contributed by atoms with van der Waals surface area (Å²) in [5, 5.41) is 10.7. The van der Waals surface area contributed by atoms with Gasteiger partial charge in [-0.2, -0.15) is 5.10 Å². The fraction of sp³-hybridized carbons (Fsp3) is 0.154. The number of hydrogen-bond donors (Lipinski definition) is 3. The van der Waals surface area contributed by atoms with Crippen LogP contribution in [0.2, 0.25) is 0 Å². The molecule has 1 unspecified atom stereocenters. The topological polar surface area (TPSA) is 99.2 Å². The van der Waals surface area contributed by atoms with E-state index in [1.54, 1.807) is 19.1 Å². The van der Waals surface area contributed by atoms with Gasteiger partial charge in [-0.25, -0.2) is 19.0 Å². The van der Waals surface area contributed by atoms with E-state index >= 15 is 0 Å². The minimum absolute atomic E-state index is 0.252. The molecule has 0 saturated heterocycles. The smallest absolute Gasteiger partial charge is 0.272 e. The molecular formula is C13H13N5O2S. The van der Waals surface area contributed by atoms with Crippen LogP contribution in [0.5, 0.6) is 0 Å². The lowest BCUT2D eigenvalue weighted by Gasteiger charge is -2.17. The number of nitrogens with zero attached hydrogens (tertiary/aromatic N) is 2. The van der Waals surface area contributed by atoms with Crippen LogP contribution in [0.4, 0.5) is 11.5 Å². The summed E-state index contributed by atoms with van der Waals surface area (Å²) in [6.45, 7) is 5.58. The van der Waals surface area contributed by atoms with Crippen molar-refractivity contribution in [3.63, 3.8) is 0 Å². The summed E-state index contributed by atoms with van der Waals surface area (Å²) < 4.78 is 14.4. The lowest BCUT2D eigenvalue weighted by Crippen LogP contribution is -2.31. The van der Waals surface area contributed by atoms with Crippen molar-refractivity contribution in [3.8, 4) is 0 Å². The van der Waals surface area contributed by atoms with Crippen LogP contribution < -0.4 is 15.6 Å². The second-order valence-electron chi connectivity index (χ2n) is 4.58. The van der Waals surface area contributed by atoms with Crippen LogP contribution in [0.15, 0.2) is 39.5 Å². The van der Waals surface area contributed by atoms with E-state index < -0.39 is 11.0 Å². The second-order valence-corrected chi connectivity index (χ2v) is 6.10. The Bertz CT molecular complexity index is 855. The number of allylic oxidation sites excluding steroid dienone is 1. The minimum atomic E-state index is -1.32. The molecule has 1 aromatic carbocycles. The van der Waals surface area contributed by atoms with Crippen LogP contribution in [0.3, 0.4) is 0 Å². The van der Waals surface area contributed by atoms with E-state index in [9.17, 15) is 9.00 Å². The van der Waals surface area contributed by atoms with Crippen molar-refractivity contribution in [1.29, 1.82) is 0 Å². The Morgan fingerprint density at radius 1 is 1.48 bits per heavy atom. The molecule has 3 N–H and O–H groups in total. The quantitative estimate of drug-likeness (QED) is 0.789. The lowest BCUT2D eigenvalue weighted by atomic mass is 10.1. The van der Waals surface area contributed by atoms with Gasteiger partial charge in [0.1, 0.15) is 16.8 Å². The molecule has 2 aromatic rings. The Morgan fingerprint density at radius 3 is 3.05 bits per heavy atom. The molecule has 8 heteroatoms. The molecule has 0 amide bonds. The first-order valence-electron chi connectivity index (χ1n) is 6.23. The largest absolute Gasteiger partial charge is 0.342 e. The number of aromatic amines is 1. The Labute approximate surface area is 122 Å². The number of aliphatic imine (C=N–C) groups is 1. The van der Waals surface area contributed by atoms with Crippen LogP contribution in [-0.2, 0) is 11.0 Å². The number of aromatic nitrogens is 2. The lowest BCUT2D eigenvalue weighted by molar-refractivity contribution is 0.680. The van der Waals surface area contributed by atoms with Gasteiger partial charge in [0.05, 0.1) is 23.0 Å². The SMILES string of the molecule is C=C(C)S(=O)NCC1=Nc2n[nH]c(=O)c3cccc(c23)N1. The van der Waals surface area contributed by atoms with E-state index in [0.29, 0.717) is 27.3 Å². The Kier molecular flexibility index (Phi) is 3.40. The molecule has 7 nitrogen and oxygen atoms in total. The molecule has 1 aliphatic heterocycles. The number of hydrogen-bond acceptors (Lipinski definition) is 5. The maximum Gasteiger partial charge on any atom is 0.272 e. The molecule has 3 rings (SSSR count). The summed E-state index contributed by atoms with van der Waals surface area (Å²) in [7, 11) is -1.32. The van der Waals surface area contributed by atoms with Crippen LogP contribution >= 0.6 is 0 Å². The highest BCUT2D eigenvalue weighted by atomic mass is 32.2. The van der Waals surface area contributed by atoms with E-state index in [0.717, 1.165) is 5.69 Å². The number of amidine groups is 1. The van der Waals surface area contributed by atoms with Gasteiger partial charge >= 0.3 is 0 Å².